The van der Waals surface area contributed by atoms with E-state index in [2.05, 4.69) is 156 Å². The van der Waals surface area contributed by atoms with Crippen LogP contribution >= 0.6 is 0 Å². The van der Waals surface area contributed by atoms with Crippen LogP contribution < -0.4 is 0 Å². The Morgan fingerprint density at radius 2 is 0.750 bits per heavy atom. The molecule has 0 bridgehead atoms. The molecule has 0 saturated heterocycles. The highest BCUT2D eigenvalue weighted by Gasteiger charge is 2.31. The quantitative estimate of drug-likeness (QED) is 0.172. The van der Waals surface area contributed by atoms with Crippen molar-refractivity contribution in [2.45, 2.75) is 0 Å². The predicted octanol–water partition coefficient (Wildman–Crippen LogP) is 13.2. The van der Waals surface area contributed by atoms with Crippen molar-refractivity contribution in [2.24, 2.45) is 0 Å². The minimum atomic E-state index is 0.592. The normalized spacial score (nSPS) is 11.6. The molecule has 0 atom stereocenters. The Balaban J connectivity index is 1.04. The van der Waals surface area contributed by atoms with Crippen LogP contribution in [0.15, 0.2) is 194 Å². The molecular formula is C52H32N4. The van der Waals surface area contributed by atoms with Crippen LogP contribution in [0.5, 0.6) is 0 Å². The molecular weight excluding hydrogens is 681 g/mol. The number of hydrogen-bond donors (Lipinski definition) is 0. The smallest absolute Gasteiger partial charge is 0.178 e. The van der Waals surface area contributed by atoms with Gasteiger partial charge in [-0.2, -0.15) is 0 Å². The summed E-state index contributed by atoms with van der Waals surface area (Å²) in [5.74, 6) is 0.592. The molecule has 10 aromatic rings. The van der Waals surface area contributed by atoms with Gasteiger partial charge in [0.15, 0.2) is 5.82 Å². The van der Waals surface area contributed by atoms with Crippen LogP contribution in [0.2, 0.25) is 0 Å². The van der Waals surface area contributed by atoms with E-state index in [1.165, 1.54) is 77.2 Å². The third-order valence-corrected chi connectivity index (χ3v) is 11.0. The SMILES string of the molecule is c1ccc(-c2c3c(c(-c4ccccc4)c4ccccc24)-c2ccc(-c4ccc(-c5cccc(-c6cccc(-c7ncccn7)n6)n5)cc4)c4cccc-3c24)cc1. The summed E-state index contributed by atoms with van der Waals surface area (Å²) in [6.07, 6.45) is 3.46. The maximum Gasteiger partial charge on any atom is 0.178 e. The third-order valence-electron chi connectivity index (χ3n) is 11.0. The van der Waals surface area contributed by atoms with E-state index < -0.39 is 0 Å². The van der Waals surface area contributed by atoms with E-state index in [1.54, 1.807) is 18.5 Å². The van der Waals surface area contributed by atoms with Crippen molar-refractivity contribution in [2.75, 3.05) is 0 Å². The van der Waals surface area contributed by atoms with Crippen LogP contribution in [0.4, 0.5) is 0 Å². The van der Waals surface area contributed by atoms with Crippen molar-refractivity contribution in [3.8, 4) is 89.8 Å². The van der Waals surface area contributed by atoms with E-state index in [0.717, 1.165) is 22.6 Å². The highest BCUT2D eigenvalue weighted by molar-refractivity contribution is 6.28. The minimum absolute atomic E-state index is 0.592. The fourth-order valence-corrected chi connectivity index (χ4v) is 8.55. The molecule has 0 unspecified atom stereocenters. The molecule has 1 aliphatic carbocycles. The first-order valence-corrected chi connectivity index (χ1v) is 18.9. The molecule has 0 saturated carbocycles. The second-order valence-corrected chi connectivity index (χ2v) is 14.1. The molecule has 3 aromatic heterocycles. The summed E-state index contributed by atoms with van der Waals surface area (Å²) in [5.41, 5.74) is 16.8. The van der Waals surface area contributed by atoms with Gasteiger partial charge in [-0.05, 0) is 108 Å². The summed E-state index contributed by atoms with van der Waals surface area (Å²) in [6, 6.07) is 64.7. The lowest BCUT2D eigenvalue weighted by Crippen LogP contribution is -1.94. The van der Waals surface area contributed by atoms with E-state index in [-0.39, 0.29) is 0 Å². The highest BCUT2D eigenvalue weighted by atomic mass is 14.9. The fraction of sp³-hybridized carbons (Fsp3) is 0. The number of hydrogen-bond acceptors (Lipinski definition) is 4. The van der Waals surface area contributed by atoms with Gasteiger partial charge in [0.25, 0.3) is 0 Å². The molecule has 3 heterocycles. The van der Waals surface area contributed by atoms with E-state index in [1.807, 2.05) is 30.3 Å². The molecule has 56 heavy (non-hydrogen) atoms. The van der Waals surface area contributed by atoms with Gasteiger partial charge in [-0.25, -0.2) is 19.9 Å². The first-order chi connectivity index (χ1) is 27.8. The molecule has 260 valence electrons. The van der Waals surface area contributed by atoms with Crippen LogP contribution in [0.3, 0.4) is 0 Å². The topological polar surface area (TPSA) is 51.6 Å². The average Bonchev–Trinajstić information content (AvgIpc) is 3.61. The number of benzene rings is 7. The summed E-state index contributed by atoms with van der Waals surface area (Å²) in [7, 11) is 0. The molecule has 0 fully saturated rings. The zero-order valence-electron chi connectivity index (χ0n) is 30.3. The average molecular weight is 713 g/mol. The van der Waals surface area contributed by atoms with E-state index in [9.17, 15) is 0 Å². The van der Waals surface area contributed by atoms with Gasteiger partial charge in [-0.3, -0.25) is 0 Å². The second-order valence-electron chi connectivity index (χ2n) is 14.1. The Hall–Kier alpha value is -7.56. The monoisotopic (exact) mass is 712 g/mol. The second kappa shape index (κ2) is 13.1. The molecule has 0 N–H and O–H groups in total. The van der Waals surface area contributed by atoms with Crippen LogP contribution in [0, 0.1) is 0 Å². The van der Waals surface area contributed by atoms with E-state index >= 15 is 0 Å². The molecule has 0 radical (unpaired) electrons. The molecule has 0 aliphatic heterocycles. The minimum Gasteiger partial charge on any atom is -0.246 e. The first-order valence-electron chi connectivity index (χ1n) is 18.9. The van der Waals surface area contributed by atoms with Crippen molar-refractivity contribution in [3.05, 3.63) is 194 Å². The lowest BCUT2D eigenvalue weighted by Gasteiger charge is -2.20. The Bertz CT molecular complexity index is 3010. The number of aromatic nitrogens is 4. The molecule has 0 amide bonds. The van der Waals surface area contributed by atoms with Gasteiger partial charge in [0.05, 0.1) is 17.1 Å². The Morgan fingerprint density at radius 3 is 1.39 bits per heavy atom. The molecule has 4 heteroatoms. The number of pyridine rings is 2. The molecule has 4 nitrogen and oxygen atoms in total. The van der Waals surface area contributed by atoms with Crippen LogP contribution in [0.1, 0.15) is 0 Å². The maximum atomic E-state index is 5.04. The summed E-state index contributed by atoms with van der Waals surface area (Å²) >= 11 is 0. The first kappa shape index (κ1) is 31.9. The highest BCUT2D eigenvalue weighted by Crippen LogP contribution is 2.58. The van der Waals surface area contributed by atoms with E-state index in [0.29, 0.717) is 11.5 Å². The summed E-state index contributed by atoms with van der Waals surface area (Å²) in [5, 5.41) is 5.09. The molecule has 0 spiro atoms. The Morgan fingerprint density at radius 1 is 0.268 bits per heavy atom. The third kappa shape index (κ3) is 5.15. The van der Waals surface area contributed by atoms with Gasteiger partial charge in [0.2, 0.25) is 0 Å². The zero-order valence-corrected chi connectivity index (χ0v) is 30.3. The van der Waals surface area contributed by atoms with Gasteiger partial charge in [-0.1, -0.05) is 152 Å². The van der Waals surface area contributed by atoms with Crippen molar-refractivity contribution in [1.29, 1.82) is 0 Å². The largest absolute Gasteiger partial charge is 0.246 e. The number of nitrogens with zero attached hydrogens (tertiary/aromatic N) is 4. The fourth-order valence-electron chi connectivity index (χ4n) is 8.55. The Kier molecular flexibility index (Phi) is 7.46. The number of rotatable bonds is 6. The van der Waals surface area contributed by atoms with Crippen molar-refractivity contribution in [1.82, 2.24) is 19.9 Å². The van der Waals surface area contributed by atoms with Crippen LogP contribution in [-0.2, 0) is 0 Å². The van der Waals surface area contributed by atoms with Gasteiger partial charge in [0, 0.05) is 18.0 Å². The summed E-state index contributed by atoms with van der Waals surface area (Å²) in [4.78, 5) is 18.6. The molecule has 7 aromatic carbocycles. The lowest BCUT2D eigenvalue weighted by molar-refractivity contribution is 1.14. The van der Waals surface area contributed by atoms with Crippen molar-refractivity contribution < 1.29 is 0 Å². The summed E-state index contributed by atoms with van der Waals surface area (Å²) in [6.45, 7) is 0. The van der Waals surface area contributed by atoms with Gasteiger partial charge < -0.3 is 0 Å². The standard InChI is InChI=1S/C52H32N4/c1-3-13-35(14-4-1)47-39-17-7-8-18-40(39)48(36-15-5-2-6-16-36)51-42-30-29-37(38-19-9-20-41(49(38)42)50(47)51)33-25-27-34(28-26-33)43-21-10-22-44(55-43)45-23-11-24-46(56-45)52-53-31-12-32-54-52/h1-32H. The van der Waals surface area contributed by atoms with Crippen molar-refractivity contribution in [3.63, 3.8) is 0 Å². The van der Waals surface area contributed by atoms with Crippen LogP contribution in [0.25, 0.3) is 111 Å². The zero-order chi connectivity index (χ0) is 37.0. The Labute approximate surface area is 324 Å². The van der Waals surface area contributed by atoms with Gasteiger partial charge in [-0.15, -0.1) is 0 Å². The summed E-state index contributed by atoms with van der Waals surface area (Å²) < 4.78 is 0. The van der Waals surface area contributed by atoms with Crippen molar-refractivity contribution >= 4 is 21.5 Å². The predicted molar refractivity (Wildman–Crippen MR) is 230 cm³/mol. The lowest BCUT2D eigenvalue weighted by atomic mass is 9.82. The molecule has 11 rings (SSSR count). The maximum absolute atomic E-state index is 5.04. The van der Waals surface area contributed by atoms with Gasteiger partial charge >= 0.3 is 0 Å². The number of fused-ring (bicyclic) bond motifs is 4. The van der Waals surface area contributed by atoms with Gasteiger partial charge in [0.1, 0.15) is 5.69 Å². The molecule has 1 aliphatic rings. The van der Waals surface area contributed by atoms with Crippen LogP contribution in [-0.4, -0.2) is 19.9 Å². The van der Waals surface area contributed by atoms with E-state index in [4.69, 9.17) is 9.97 Å².